The minimum absolute atomic E-state index is 0.0881. The zero-order valence-electron chi connectivity index (χ0n) is 13.2. The van der Waals surface area contributed by atoms with E-state index >= 15 is 0 Å². The third-order valence-corrected chi connectivity index (χ3v) is 3.86. The number of hydrogen-bond donors (Lipinski definition) is 0. The number of benzene rings is 1. The topological polar surface area (TPSA) is 38.8 Å². The van der Waals surface area contributed by atoms with Crippen LogP contribution in [0.5, 0.6) is 5.75 Å². The molecule has 0 saturated carbocycles. The van der Waals surface area contributed by atoms with Gasteiger partial charge in [-0.2, -0.15) is 0 Å². The molecule has 1 unspecified atom stereocenters. The lowest BCUT2D eigenvalue weighted by Crippen LogP contribution is -2.36. The molecule has 1 aromatic rings. The normalized spacial score (nSPS) is 18.8. The third kappa shape index (κ3) is 4.55. The lowest BCUT2D eigenvalue weighted by atomic mass is 10.1. The minimum atomic E-state index is 0.0881. The number of carbonyl (C=O) groups is 1. The average molecular weight is 291 g/mol. The highest BCUT2D eigenvalue weighted by Crippen LogP contribution is 2.21. The van der Waals surface area contributed by atoms with E-state index in [1.165, 1.54) is 6.42 Å². The van der Waals surface area contributed by atoms with Gasteiger partial charge in [0.05, 0.1) is 25.3 Å². The monoisotopic (exact) mass is 291 g/mol. The number of rotatable bonds is 6. The molecule has 2 rings (SSSR count). The van der Waals surface area contributed by atoms with E-state index < -0.39 is 0 Å². The Hall–Kier alpha value is -1.39. The maximum Gasteiger partial charge on any atom is 0.180 e. The van der Waals surface area contributed by atoms with Gasteiger partial charge in [0.2, 0.25) is 0 Å². The fraction of sp³-hybridized carbons (Fsp3) is 0.588. The van der Waals surface area contributed by atoms with Crippen molar-refractivity contribution in [3.63, 3.8) is 0 Å². The Morgan fingerprint density at radius 1 is 1.43 bits per heavy atom. The first kappa shape index (κ1) is 16.0. The quantitative estimate of drug-likeness (QED) is 0.755. The van der Waals surface area contributed by atoms with Crippen molar-refractivity contribution in [3.05, 3.63) is 29.3 Å². The van der Waals surface area contributed by atoms with Gasteiger partial charge in [0.1, 0.15) is 5.75 Å². The largest absolute Gasteiger partial charge is 0.496 e. The molecule has 1 aliphatic rings. The zero-order chi connectivity index (χ0) is 15.2. The van der Waals surface area contributed by atoms with Gasteiger partial charge in [0.15, 0.2) is 5.78 Å². The predicted molar refractivity (Wildman–Crippen MR) is 83.1 cm³/mol. The summed E-state index contributed by atoms with van der Waals surface area (Å²) in [6.07, 6.45) is 3.72. The van der Waals surface area contributed by atoms with Crippen molar-refractivity contribution in [1.29, 1.82) is 0 Å². The molecule has 0 amide bonds. The molecule has 0 radical (unpaired) electrons. The number of ketones is 1. The molecule has 116 valence electrons. The maximum absolute atomic E-state index is 12.4. The first-order chi connectivity index (χ1) is 10.1. The number of carbonyl (C=O) groups excluding carboxylic acids is 1. The molecule has 0 aliphatic carbocycles. The van der Waals surface area contributed by atoms with E-state index in [-0.39, 0.29) is 11.9 Å². The Labute approximate surface area is 127 Å². The van der Waals surface area contributed by atoms with Crippen LogP contribution in [0.25, 0.3) is 0 Å². The van der Waals surface area contributed by atoms with Gasteiger partial charge in [-0.05, 0) is 50.9 Å². The summed E-state index contributed by atoms with van der Waals surface area (Å²) in [5.74, 6) is 0.743. The molecule has 1 heterocycles. The van der Waals surface area contributed by atoms with Crippen molar-refractivity contribution in [2.45, 2.75) is 32.3 Å². The van der Waals surface area contributed by atoms with E-state index in [1.54, 1.807) is 7.11 Å². The summed E-state index contributed by atoms with van der Waals surface area (Å²) in [6, 6.07) is 5.69. The van der Waals surface area contributed by atoms with Gasteiger partial charge in [-0.15, -0.1) is 0 Å². The fourth-order valence-corrected chi connectivity index (χ4v) is 2.72. The molecule has 1 aromatic carbocycles. The summed E-state index contributed by atoms with van der Waals surface area (Å²) in [6.45, 7) is 4.03. The standard InChI is InChI=1S/C17H25NO3/c1-13-7-8-15(17(10-13)20-3)16(19)12-18(2)11-14-6-4-5-9-21-14/h7-8,10,14H,4-6,9,11-12H2,1-3H3. The molecule has 1 atom stereocenters. The fourth-order valence-electron chi connectivity index (χ4n) is 2.72. The summed E-state index contributed by atoms with van der Waals surface area (Å²) < 4.78 is 11.0. The minimum Gasteiger partial charge on any atom is -0.496 e. The molecule has 0 spiro atoms. The molecule has 0 N–H and O–H groups in total. The first-order valence-electron chi connectivity index (χ1n) is 7.58. The van der Waals surface area contributed by atoms with Crippen LogP contribution in [0.1, 0.15) is 35.2 Å². The van der Waals surface area contributed by atoms with Crippen molar-refractivity contribution < 1.29 is 14.3 Å². The molecular weight excluding hydrogens is 266 g/mol. The lowest BCUT2D eigenvalue weighted by molar-refractivity contribution is -0.000676. The number of methoxy groups -OCH3 is 1. The number of Topliss-reactive ketones (excluding diaryl/α,β-unsaturated/α-hetero) is 1. The van der Waals surface area contributed by atoms with Crippen molar-refractivity contribution in [2.24, 2.45) is 0 Å². The number of ether oxygens (including phenoxy) is 2. The third-order valence-electron chi connectivity index (χ3n) is 3.86. The first-order valence-corrected chi connectivity index (χ1v) is 7.58. The second-order valence-corrected chi connectivity index (χ2v) is 5.81. The van der Waals surface area contributed by atoms with Crippen LogP contribution in [-0.4, -0.2) is 50.6 Å². The van der Waals surface area contributed by atoms with Gasteiger partial charge in [-0.25, -0.2) is 0 Å². The highest BCUT2D eigenvalue weighted by atomic mass is 16.5. The van der Waals surface area contributed by atoms with Crippen molar-refractivity contribution >= 4 is 5.78 Å². The van der Waals surface area contributed by atoms with E-state index in [0.717, 1.165) is 31.6 Å². The highest BCUT2D eigenvalue weighted by molar-refractivity contribution is 6.00. The molecule has 0 aromatic heterocycles. The van der Waals surface area contributed by atoms with Crippen LogP contribution in [0, 0.1) is 6.92 Å². The zero-order valence-corrected chi connectivity index (χ0v) is 13.2. The van der Waals surface area contributed by atoms with Gasteiger partial charge in [-0.3, -0.25) is 9.69 Å². The number of aryl methyl sites for hydroxylation is 1. The van der Waals surface area contributed by atoms with Gasteiger partial charge in [-0.1, -0.05) is 6.07 Å². The number of hydrogen-bond acceptors (Lipinski definition) is 4. The second-order valence-electron chi connectivity index (χ2n) is 5.81. The molecule has 1 saturated heterocycles. The van der Waals surface area contributed by atoms with E-state index in [9.17, 15) is 4.79 Å². The van der Waals surface area contributed by atoms with Crippen molar-refractivity contribution in [2.75, 3.05) is 33.9 Å². The van der Waals surface area contributed by atoms with E-state index in [2.05, 4.69) is 0 Å². The van der Waals surface area contributed by atoms with Gasteiger partial charge < -0.3 is 9.47 Å². The van der Waals surface area contributed by atoms with Crippen LogP contribution in [0.3, 0.4) is 0 Å². The summed E-state index contributed by atoms with van der Waals surface area (Å²) in [4.78, 5) is 14.5. The Bertz CT molecular complexity index is 481. The van der Waals surface area contributed by atoms with E-state index in [4.69, 9.17) is 9.47 Å². The molecule has 1 fully saturated rings. The molecule has 4 nitrogen and oxygen atoms in total. The summed E-state index contributed by atoms with van der Waals surface area (Å²) in [5.41, 5.74) is 1.74. The van der Waals surface area contributed by atoms with Crippen LogP contribution < -0.4 is 4.74 Å². The molecular formula is C17H25NO3. The molecule has 1 aliphatic heterocycles. The van der Waals surface area contributed by atoms with Crippen molar-refractivity contribution in [1.82, 2.24) is 4.90 Å². The van der Waals surface area contributed by atoms with Gasteiger partial charge in [0, 0.05) is 13.2 Å². The molecule has 0 bridgehead atoms. The van der Waals surface area contributed by atoms with E-state index in [0.29, 0.717) is 17.9 Å². The summed E-state index contributed by atoms with van der Waals surface area (Å²) >= 11 is 0. The van der Waals surface area contributed by atoms with Crippen LogP contribution in [0.4, 0.5) is 0 Å². The average Bonchev–Trinajstić information content (AvgIpc) is 2.47. The maximum atomic E-state index is 12.4. The van der Waals surface area contributed by atoms with Gasteiger partial charge >= 0.3 is 0 Å². The second kappa shape index (κ2) is 7.57. The van der Waals surface area contributed by atoms with Crippen LogP contribution in [-0.2, 0) is 4.74 Å². The SMILES string of the molecule is COc1cc(C)ccc1C(=O)CN(C)CC1CCCCO1. The molecule has 4 heteroatoms. The number of likely N-dealkylation sites (N-methyl/N-ethyl adjacent to an activating group) is 1. The Balaban J connectivity index is 1.94. The highest BCUT2D eigenvalue weighted by Gasteiger charge is 2.19. The number of nitrogens with zero attached hydrogens (tertiary/aromatic N) is 1. The van der Waals surface area contributed by atoms with E-state index in [1.807, 2.05) is 37.1 Å². The predicted octanol–water partition coefficient (Wildman–Crippen LogP) is 2.69. The Morgan fingerprint density at radius 2 is 2.24 bits per heavy atom. The molecule has 21 heavy (non-hydrogen) atoms. The van der Waals surface area contributed by atoms with Crippen LogP contribution in [0.15, 0.2) is 18.2 Å². The van der Waals surface area contributed by atoms with Crippen molar-refractivity contribution in [3.8, 4) is 5.75 Å². The lowest BCUT2D eigenvalue weighted by Gasteiger charge is -2.27. The Morgan fingerprint density at radius 3 is 2.90 bits per heavy atom. The van der Waals surface area contributed by atoms with Crippen LogP contribution in [0.2, 0.25) is 0 Å². The summed E-state index contributed by atoms with van der Waals surface area (Å²) in [7, 11) is 3.57. The smallest absolute Gasteiger partial charge is 0.180 e. The summed E-state index contributed by atoms with van der Waals surface area (Å²) in [5, 5.41) is 0. The van der Waals surface area contributed by atoms with Crippen LogP contribution >= 0.6 is 0 Å². The Kier molecular flexibility index (Phi) is 5.76. The van der Waals surface area contributed by atoms with Gasteiger partial charge in [0.25, 0.3) is 0 Å².